The highest BCUT2D eigenvalue weighted by atomic mass is 35.5. The highest BCUT2D eigenvalue weighted by Crippen LogP contribution is 2.33. The molecular weight excluding hydrogens is 549 g/mol. The van der Waals surface area contributed by atoms with E-state index >= 15 is 0 Å². The number of carbonyl (C=O) groups excluding carboxylic acids is 2. The zero-order valence-corrected chi connectivity index (χ0v) is 23.6. The summed E-state index contributed by atoms with van der Waals surface area (Å²) in [6.45, 7) is 3.19. The third-order valence-corrected chi connectivity index (χ3v) is 8.15. The number of rotatable bonds is 11. The Balaban J connectivity index is 2.05. The van der Waals surface area contributed by atoms with Gasteiger partial charge < -0.3 is 15.0 Å². The maximum absolute atomic E-state index is 13.8. The van der Waals surface area contributed by atoms with E-state index in [0.717, 1.165) is 9.87 Å². The van der Waals surface area contributed by atoms with Crippen molar-refractivity contribution in [3.63, 3.8) is 0 Å². The van der Waals surface area contributed by atoms with Crippen LogP contribution in [0, 0.1) is 0 Å². The Hall–Kier alpha value is -3.27. The van der Waals surface area contributed by atoms with Crippen molar-refractivity contribution in [3.8, 4) is 5.75 Å². The summed E-state index contributed by atoms with van der Waals surface area (Å²) in [7, 11) is -2.69. The van der Waals surface area contributed by atoms with Gasteiger partial charge in [-0.25, -0.2) is 8.42 Å². The molecule has 0 aliphatic heterocycles. The van der Waals surface area contributed by atoms with E-state index in [2.05, 4.69) is 5.32 Å². The normalized spacial score (nSPS) is 11.9. The second kappa shape index (κ2) is 13.0. The summed E-state index contributed by atoms with van der Waals surface area (Å²) in [4.78, 5) is 27.9. The SMILES string of the molecule is CCNC(=O)[C@H](C)N(Cc1ccc(OC)cc1)C(=O)CN(c1cc(Cl)ccc1Cl)S(=O)(=O)c1ccccc1. The molecule has 1 atom stereocenters. The fourth-order valence-corrected chi connectivity index (χ4v) is 5.62. The number of ether oxygens (including phenoxy) is 1. The zero-order chi connectivity index (χ0) is 27.9. The van der Waals surface area contributed by atoms with E-state index in [1.807, 2.05) is 0 Å². The van der Waals surface area contributed by atoms with Crippen molar-refractivity contribution in [2.75, 3.05) is 24.5 Å². The molecule has 202 valence electrons. The number of hydrogen-bond acceptors (Lipinski definition) is 5. The van der Waals surface area contributed by atoms with Crippen molar-refractivity contribution in [1.82, 2.24) is 10.2 Å². The molecule has 8 nitrogen and oxygen atoms in total. The summed E-state index contributed by atoms with van der Waals surface area (Å²) in [6, 6.07) is 18.2. The maximum atomic E-state index is 13.8. The lowest BCUT2D eigenvalue weighted by Crippen LogP contribution is -2.51. The first-order valence-corrected chi connectivity index (χ1v) is 14.0. The Bertz CT molecular complexity index is 1370. The lowest BCUT2D eigenvalue weighted by Gasteiger charge is -2.32. The molecular formula is C27H29Cl2N3O5S. The molecule has 0 saturated heterocycles. The average Bonchev–Trinajstić information content (AvgIpc) is 2.92. The lowest BCUT2D eigenvalue weighted by atomic mass is 10.1. The van der Waals surface area contributed by atoms with Crippen molar-refractivity contribution in [2.24, 2.45) is 0 Å². The second-order valence-electron chi connectivity index (χ2n) is 8.36. The average molecular weight is 579 g/mol. The van der Waals surface area contributed by atoms with Crippen LogP contribution in [0.2, 0.25) is 10.0 Å². The Morgan fingerprint density at radius 2 is 1.66 bits per heavy atom. The van der Waals surface area contributed by atoms with E-state index in [1.54, 1.807) is 63.4 Å². The van der Waals surface area contributed by atoms with Crippen molar-refractivity contribution < 1.29 is 22.7 Å². The van der Waals surface area contributed by atoms with Crippen LogP contribution in [-0.2, 0) is 26.2 Å². The minimum Gasteiger partial charge on any atom is -0.497 e. The van der Waals surface area contributed by atoms with Crippen molar-refractivity contribution in [1.29, 1.82) is 0 Å². The van der Waals surface area contributed by atoms with E-state index < -0.39 is 28.5 Å². The van der Waals surface area contributed by atoms with E-state index in [-0.39, 0.29) is 33.1 Å². The van der Waals surface area contributed by atoms with Crippen LogP contribution in [0.4, 0.5) is 5.69 Å². The Morgan fingerprint density at radius 1 is 1.00 bits per heavy atom. The summed E-state index contributed by atoms with van der Waals surface area (Å²) >= 11 is 12.6. The minimum atomic E-state index is -4.23. The van der Waals surface area contributed by atoms with Gasteiger partial charge in [-0.2, -0.15) is 0 Å². The molecule has 2 amide bonds. The predicted molar refractivity (Wildman–Crippen MR) is 149 cm³/mol. The van der Waals surface area contributed by atoms with Crippen LogP contribution in [0.15, 0.2) is 77.7 Å². The van der Waals surface area contributed by atoms with Crippen LogP contribution in [0.3, 0.4) is 0 Å². The molecule has 0 saturated carbocycles. The van der Waals surface area contributed by atoms with Crippen LogP contribution < -0.4 is 14.4 Å². The molecule has 38 heavy (non-hydrogen) atoms. The molecule has 0 aromatic heterocycles. The smallest absolute Gasteiger partial charge is 0.264 e. The van der Waals surface area contributed by atoms with Gasteiger partial charge in [0.25, 0.3) is 10.0 Å². The zero-order valence-electron chi connectivity index (χ0n) is 21.2. The molecule has 0 heterocycles. The van der Waals surface area contributed by atoms with Crippen LogP contribution in [-0.4, -0.2) is 51.4 Å². The molecule has 0 fully saturated rings. The van der Waals surface area contributed by atoms with Gasteiger partial charge in [0.2, 0.25) is 11.8 Å². The molecule has 0 unspecified atom stereocenters. The minimum absolute atomic E-state index is 0.0256. The molecule has 0 bridgehead atoms. The van der Waals surface area contributed by atoms with Crippen LogP contribution in [0.25, 0.3) is 0 Å². The second-order valence-corrected chi connectivity index (χ2v) is 11.1. The fraction of sp³-hybridized carbons (Fsp3) is 0.259. The van der Waals surface area contributed by atoms with E-state index in [4.69, 9.17) is 27.9 Å². The molecule has 0 aliphatic rings. The van der Waals surface area contributed by atoms with Gasteiger partial charge >= 0.3 is 0 Å². The van der Waals surface area contributed by atoms with Crippen LogP contribution in [0.5, 0.6) is 5.75 Å². The van der Waals surface area contributed by atoms with Crippen molar-refractivity contribution in [3.05, 3.63) is 88.4 Å². The lowest BCUT2D eigenvalue weighted by molar-refractivity contribution is -0.139. The number of amides is 2. The number of methoxy groups -OCH3 is 1. The number of benzene rings is 3. The van der Waals surface area contributed by atoms with Gasteiger partial charge in [0.05, 0.1) is 22.7 Å². The molecule has 3 aromatic carbocycles. The number of halogens is 2. The number of carbonyl (C=O) groups is 2. The van der Waals surface area contributed by atoms with E-state index in [0.29, 0.717) is 12.3 Å². The Labute approximate surface area is 233 Å². The van der Waals surface area contributed by atoms with Gasteiger partial charge in [0, 0.05) is 18.1 Å². The Kier molecular flexibility index (Phi) is 10.0. The highest BCUT2D eigenvalue weighted by molar-refractivity contribution is 7.92. The molecule has 1 N–H and O–H groups in total. The predicted octanol–water partition coefficient (Wildman–Crippen LogP) is 4.75. The Morgan fingerprint density at radius 3 is 2.26 bits per heavy atom. The molecule has 11 heteroatoms. The monoisotopic (exact) mass is 577 g/mol. The summed E-state index contributed by atoms with van der Waals surface area (Å²) in [5, 5.41) is 3.06. The number of hydrogen-bond donors (Lipinski definition) is 1. The largest absolute Gasteiger partial charge is 0.497 e. The fourth-order valence-electron chi connectivity index (χ4n) is 3.74. The first kappa shape index (κ1) is 29.3. The molecule has 3 rings (SSSR count). The van der Waals surface area contributed by atoms with Crippen LogP contribution >= 0.6 is 23.2 Å². The highest BCUT2D eigenvalue weighted by Gasteiger charge is 2.33. The number of likely N-dealkylation sites (N-methyl/N-ethyl adjacent to an activating group) is 1. The van der Waals surface area contributed by atoms with Crippen molar-refractivity contribution in [2.45, 2.75) is 31.3 Å². The standard InChI is InChI=1S/C27H29Cl2N3O5S/c1-4-30-27(34)19(2)31(17-20-10-13-22(37-3)14-11-20)26(33)18-32(25-16-21(28)12-15-24(25)29)38(35,36)23-8-6-5-7-9-23/h5-16,19H,4,17-18H2,1-3H3,(H,30,34)/t19-/m0/s1. The van der Waals surface area contributed by atoms with Gasteiger partial charge in [0.1, 0.15) is 18.3 Å². The topological polar surface area (TPSA) is 96.0 Å². The number of anilines is 1. The number of nitrogens with one attached hydrogen (secondary N) is 1. The molecule has 0 spiro atoms. The third kappa shape index (κ3) is 6.98. The van der Waals surface area contributed by atoms with E-state index in [9.17, 15) is 18.0 Å². The number of sulfonamides is 1. The maximum Gasteiger partial charge on any atom is 0.264 e. The van der Waals surface area contributed by atoms with Crippen LogP contribution in [0.1, 0.15) is 19.4 Å². The summed E-state index contributed by atoms with van der Waals surface area (Å²) < 4.78 is 33.6. The quantitative estimate of drug-likeness (QED) is 0.354. The molecule has 3 aromatic rings. The van der Waals surface area contributed by atoms with Gasteiger partial charge in [0.15, 0.2) is 0 Å². The van der Waals surface area contributed by atoms with Gasteiger partial charge in [-0.1, -0.05) is 53.5 Å². The van der Waals surface area contributed by atoms with Crippen molar-refractivity contribution >= 4 is 50.7 Å². The third-order valence-electron chi connectivity index (χ3n) is 5.82. The molecule has 0 radical (unpaired) electrons. The summed E-state index contributed by atoms with van der Waals surface area (Å²) in [5.74, 6) is -0.332. The van der Waals surface area contributed by atoms with Gasteiger partial charge in [-0.15, -0.1) is 0 Å². The first-order chi connectivity index (χ1) is 18.1. The molecule has 0 aliphatic carbocycles. The summed E-state index contributed by atoms with van der Waals surface area (Å²) in [5.41, 5.74) is 0.778. The van der Waals surface area contributed by atoms with Gasteiger partial charge in [-0.3, -0.25) is 13.9 Å². The summed E-state index contributed by atoms with van der Waals surface area (Å²) in [6.07, 6.45) is 0. The first-order valence-electron chi connectivity index (χ1n) is 11.8. The number of nitrogens with zero attached hydrogens (tertiary/aromatic N) is 2. The van der Waals surface area contributed by atoms with E-state index in [1.165, 1.54) is 35.2 Å². The van der Waals surface area contributed by atoms with Gasteiger partial charge in [-0.05, 0) is 61.9 Å².